The van der Waals surface area contributed by atoms with Gasteiger partial charge in [-0.15, -0.1) is 0 Å². The Morgan fingerprint density at radius 3 is 2.83 bits per heavy atom. The van der Waals surface area contributed by atoms with Crippen LogP contribution in [0.2, 0.25) is 0 Å². The van der Waals surface area contributed by atoms with E-state index < -0.39 is 0 Å². The van der Waals surface area contributed by atoms with Crippen molar-refractivity contribution in [1.29, 1.82) is 0 Å². The van der Waals surface area contributed by atoms with Gasteiger partial charge in [-0.2, -0.15) is 11.8 Å². The van der Waals surface area contributed by atoms with Gasteiger partial charge in [-0.05, 0) is 31.4 Å². The van der Waals surface area contributed by atoms with E-state index in [1.165, 1.54) is 18.6 Å². The lowest BCUT2D eigenvalue weighted by molar-refractivity contribution is 0.114. The van der Waals surface area contributed by atoms with Gasteiger partial charge in [-0.1, -0.05) is 6.42 Å². The van der Waals surface area contributed by atoms with E-state index in [0.29, 0.717) is 11.8 Å². The minimum Gasteiger partial charge on any atom is -0.393 e. The van der Waals surface area contributed by atoms with Crippen LogP contribution >= 0.6 is 11.8 Å². The molecule has 0 aromatic rings. The minimum atomic E-state index is -0.217. The molecule has 104 valence electrons. The number of hydrogen-bond acceptors (Lipinski definition) is 3. The van der Waals surface area contributed by atoms with Crippen LogP contribution in [0, 0.1) is 5.92 Å². The first-order chi connectivity index (χ1) is 8.66. The van der Waals surface area contributed by atoms with Crippen molar-refractivity contribution in [3.8, 4) is 0 Å². The van der Waals surface area contributed by atoms with Crippen molar-refractivity contribution >= 4 is 17.8 Å². The smallest absolute Gasteiger partial charge is 0.317 e. The van der Waals surface area contributed by atoms with Gasteiger partial charge in [-0.25, -0.2) is 4.79 Å². The fraction of sp³-hybridized carbons (Fsp3) is 0.923. The molecule has 0 spiro atoms. The van der Waals surface area contributed by atoms with Crippen molar-refractivity contribution in [3.63, 3.8) is 0 Å². The Labute approximate surface area is 113 Å². The Morgan fingerprint density at radius 2 is 2.22 bits per heavy atom. The molecule has 3 atom stereocenters. The highest BCUT2D eigenvalue weighted by Gasteiger charge is 2.27. The molecule has 1 aliphatic heterocycles. The second-order valence-electron chi connectivity index (χ2n) is 5.46. The number of aliphatic hydroxyl groups is 1. The van der Waals surface area contributed by atoms with Crippen LogP contribution in [0.4, 0.5) is 4.79 Å². The number of carbonyl (C=O) groups is 1. The van der Waals surface area contributed by atoms with Gasteiger partial charge >= 0.3 is 6.03 Å². The van der Waals surface area contributed by atoms with E-state index in [1.54, 1.807) is 4.90 Å². The van der Waals surface area contributed by atoms with Crippen molar-refractivity contribution in [3.05, 3.63) is 0 Å². The maximum atomic E-state index is 11.9. The van der Waals surface area contributed by atoms with Crippen LogP contribution in [-0.4, -0.2) is 53.3 Å². The molecule has 1 saturated carbocycles. The number of hydrogen-bond donors (Lipinski definition) is 2. The molecule has 1 heterocycles. The van der Waals surface area contributed by atoms with Crippen LogP contribution < -0.4 is 5.32 Å². The van der Waals surface area contributed by atoms with Crippen LogP contribution in [-0.2, 0) is 0 Å². The molecule has 2 aliphatic rings. The molecule has 2 N–H and O–H groups in total. The van der Waals surface area contributed by atoms with E-state index in [1.807, 2.05) is 18.8 Å². The lowest BCUT2D eigenvalue weighted by atomic mass is 10.1. The number of nitrogens with zero attached hydrogens (tertiary/aromatic N) is 1. The lowest BCUT2D eigenvalue weighted by Crippen LogP contribution is -2.43. The molecule has 1 saturated heterocycles. The van der Waals surface area contributed by atoms with E-state index in [9.17, 15) is 9.90 Å². The zero-order valence-electron chi connectivity index (χ0n) is 11.1. The molecule has 0 radical (unpaired) electrons. The summed E-state index contributed by atoms with van der Waals surface area (Å²) in [6, 6.07) is 0.00148. The molecular weight excluding hydrogens is 248 g/mol. The van der Waals surface area contributed by atoms with E-state index >= 15 is 0 Å². The van der Waals surface area contributed by atoms with E-state index in [-0.39, 0.29) is 18.1 Å². The van der Waals surface area contributed by atoms with Crippen LogP contribution in [0.1, 0.15) is 32.1 Å². The van der Waals surface area contributed by atoms with Gasteiger partial charge < -0.3 is 15.3 Å². The standard InChI is InChI=1S/C13H24N2O2S/c1-15(9-10-4-2-6-12(10)16)13(17)14-8-11-5-3-7-18-11/h10-12,16H,2-9H2,1H3,(H,14,17). The first-order valence-corrected chi connectivity index (χ1v) is 8.00. The molecule has 2 amide bonds. The maximum absolute atomic E-state index is 11.9. The summed E-state index contributed by atoms with van der Waals surface area (Å²) in [7, 11) is 1.82. The predicted molar refractivity (Wildman–Crippen MR) is 74.9 cm³/mol. The predicted octanol–water partition coefficient (Wildman–Crippen LogP) is 1.68. The summed E-state index contributed by atoms with van der Waals surface area (Å²) in [6.45, 7) is 1.45. The number of rotatable bonds is 4. The number of amides is 2. The van der Waals surface area contributed by atoms with Crippen molar-refractivity contribution in [2.45, 2.75) is 43.5 Å². The average molecular weight is 272 g/mol. The number of carbonyl (C=O) groups excluding carboxylic acids is 1. The molecular formula is C13H24N2O2S. The molecule has 18 heavy (non-hydrogen) atoms. The summed E-state index contributed by atoms with van der Waals surface area (Å²) < 4.78 is 0. The van der Waals surface area contributed by atoms with Gasteiger partial charge in [0.2, 0.25) is 0 Å². The zero-order chi connectivity index (χ0) is 13.0. The summed E-state index contributed by atoms with van der Waals surface area (Å²) in [6.07, 6.45) is 5.28. The summed E-state index contributed by atoms with van der Waals surface area (Å²) in [4.78, 5) is 13.6. The summed E-state index contributed by atoms with van der Waals surface area (Å²) >= 11 is 1.96. The first kappa shape index (κ1) is 14.0. The molecule has 1 aliphatic carbocycles. The van der Waals surface area contributed by atoms with Gasteiger partial charge in [-0.3, -0.25) is 0 Å². The third-order valence-corrected chi connectivity index (χ3v) is 5.38. The monoisotopic (exact) mass is 272 g/mol. The van der Waals surface area contributed by atoms with Crippen molar-refractivity contribution in [2.24, 2.45) is 5.92 Å². The molecule has 4 nitrogen and oxygen atoms in total. The van der Waals surface area contributed by atoms with E-state index in [0.717, 1.165) is 25.8 Å². The number of nitrogens with one attached hydrogen (secondary N) is 1. The van der Waals surface area contributed by atoms with Gasteiger partial charge in [0.1, 0.15) is 0 Å². The third kappa shape index (κ3) is 3.79. The van der Waals surface area contributed by atoms with Crippen LogP contribution in [0.25, 0.3) is 0 Å². The van der Waals surface area contributed by atoms with Crippen molar-refractivity contribution < 1.29 is 9.90 Å². The second-order valence-corrected chi connectivity index (χ2v) is 6.87. The Morgan fingerprint density at radius 1 is 1.39 bits per heavy atom. The average Bonchev–Trinajstić information content (AvgIpc) is 2.99. The number of aliphatic hydroxyl groups excluding tert-OH is 1. The minimum absolute atomic E-state index is 0.00148. The highest BCUT2D eigenvalue weighted by molar-refractivity contribution is 8.00. The highest BCUT2D eigenvalue weighted by atomic mass is 32.2. The fourth-order valence-corrected chi connectivity index (χ4v) is 4.01. The molecule has 2 fully saturated rings. The lowest BCUT2D eigenvalue weighted by Gasteiger charge is -2.24. The SMILES string of the molecule is CN(CC1CCCC1O)C(=O)NCC1CCCS1. The second kappa shape index (κ2) is 6.66. The van der Waals surface area contributed by atoms with Gasteiger partial charge in [0.25, 0.3) is 0 Å². The Bertz CT molecular complexity index is 282. The number of urea groups is 1. The quantitative estimate of drug-likeness (QED) is 0.819. The van der Waals surface area contributed by atoms with Crippen molar-refractivity contribution in [1.82, 2.24) is 10.2 Å². The largest absolute Gasteiger partial charge is 0.393 e. The zero-order valence-corrected chi connectivity index (χ0v) is 11.9. The Balaban J connectivity index is 1.67. The topological polar surface area (TPSA) is 52.6 Å². The van der Waals surface area contributed by atoms with Crippen LogP contribution in [0.3, 0.4) is 0 Å². The molecule has 5 heteroatoms. The molecule has 0 aromatic heterocycles. The highest BCUT2D eigenvalue weighted by Crippen LogP contribution is 2.26. The van der Waals surface area contributed by atoms with Gasteiger partial charge in [0.05, 0.1) is 6.10 Å². The third-order valence-electron chi connectivity index (χ3n) is 3.98. The molecule has 3 unspecified atom stereocenters. The molecule has 0 bridgehead atoms. The Kier molecular flexibility index (Phi) is 5.18. The summed E-state index contributed by atoms with van der Waals surface area (Å²) in [5.41, 5.74) is 0. The van der Waals surface area contributed by atoms with Crippen LogP contribution in [0.5, 0.6) is 0 Å². The summed E-state index contributed by atoms with van der Waals surface area (Å²) in [5, 5.41) is 13.4. The van der Waals surface area contributed by atoms with E-state index in [4.69, 9.17) is 0 Å². The first-order valence-electron chi connectivity index (χ1n) is 6.95. The van der Waals surface area contributed by atoms with Crippen molar-refractivity contribution in [2.75, 3.05) is 25.9 Å². The Hall–Kier alpha value is -0.420. The van der Waals surface area contributed by atoms with Crippen LogP contribution in [0.15, 0.2) is 0 Å². The number of thioether (sulfide) groups is 1. The molecule has 2 rings (SSSR count). The van der Waals surface area contributed by atoms with E-state index in [2.05, 4.69) is 5.32 Å². The van der Waals surface area contributed by atoms with Gasteiger partial charge in [0, 0.05) is 31.3 Å². The maximum Gasteiger partial charge on any atom is 0.317 e. The summed E-state index contributed by atoms with van der Waals surface area (Å²) in [5.74, 6) is 1.49. The van der Waals surface area contributed by atoms with Gasteiger partial charge in [0.15, 0.2) is 0 Å². The fourth-order valence-electron chi connectivity index (χ4n) is 2.81. The normalized spacial score (nSPS) is 31.6. The molecule has 0 aromatic carbocycles.